The number of benzene rings is 1. The highest BCUT2D eigenvalue weighted by molar-refractivity contribution is 6.30. The molecule has 1 N–H and O–H groups in total. The van der Waals surface area contributed by atoms with Crippen LogP contribution in [0.4, 0.5) is 0 Å². The van der Waals surface area contributed by atoms with Gasteiger partial charge in [0.2, 0.25) is 0 Å². The molecule has 0 bridgehead atoms. The molecule has 0 aliphatic carbocycles. The summed E-state index contributed by atoms with van der Waals surface area (Å²) in [4.78, 5) is 11.0. The van der Waals surface area contributed by atoms with Crippen molar-refractivity contribution < 1.29 is 9.90 Å². The average molecular weight is 307 g/mol. The van der Waals surface area contributed by atoms with Crippen LogP contribution in [0.5, 0.6) is 0 Å². The van der Waals surface area contributed by atoms with E-state index < -0.39 is 11.9 Å². The second kappa shape index (κ2) is 6.31. The fraction of sp³-hybridized carbons (Fsp3) is 0.375. The number of aliphatic carboxylic acids is 1. The van der Waals surface area contributed by atoms with Crippen molar-refractivity contribution in [2.45, 2.75) is 33.7 Å². The number of aromatic nitrogens is 2. The Morgan fingerprint density at radius 2 is 1.95 bits per heavy atom. The molecule has 1 heterocycles. The number of halogens is 1. The van der Waals surface area contributed by atoms with Crippen LogP contribution in [0.2, 0.25) is 5.02 Å². The summed E-state index contributed by atoms with van der Waals surface area (Å²) < 4.78 is 1.92. The second-order valence-corrected chi connectivity index (χ2v) is 5.81. The Bertz CT molecular complexity index is 647. The van der Waals surface area contributed by atoms with E-state index >= 15 is 0 Å². The van der Waals surface area contributed by atoms with Gasteiger partial charge in [0.1, 0.15) is 0 Å². The van der Waals surface area contributed by atoms with Gasteiger partial charge in [-0.3, -0.25) is 9.48 Å². The van der Waals surface area contributed by atoms with E-state index in [0.29, 0.717) is 18.0 Å². The maximum atomic E-state index is 11.0. The van der Waals surface area contributed by atoms with Crippen LogP contribution in [0.3, 0.4) is 0 Å². The van der Waals surface area contributed by atoms with Crippen molar-refractivity contribution in [3.05, 3.63) is 51.8 Å². The Kier molecular flexibility index (Phi) is 4.68. The number of hydrogen-bond acceptors (Lipinski definition) is 2. The third-order valence-corrected chi connectivity index (χ3v) is 3.96. The normalized spacial score (nSPS) is 12.4. The van der Waals surface area contributed by atoms with E-state index in [1.807, 2.05) is 42.8 Å². The first-order valence-electron chi connectivity index (χ1n) is 6.88. The Hall–Kier alpha value is -1.81. The van der Waals surface area contributed by atoms with Gasteiger partial charge in [0.05, 0.1) is 18.2 Å². The van der Waals surface area contributed by atoms with Crippen LogP contribution in [-0.2, 0) is 17.8 Å². The molecule has 2 rings (SSSR count). The first-order valence-corrected chi connectivity index (χ1v) is 7.26. The highest BCUT2D eigenvalue weighted by atomic mass is 35.5. The predicted octanol–water partition coefficient (Wildman–Crippen LogP) is 3.46. The van der Waals surface area contributed by atoms with Gasteiger partial charge in [-0.05, 0) is 43.5 Å². The number of rotatable bonds is 5. The van der Waals surface area contributed by atoms with Gasteiger partial charge in [0, 0.05) is 10.7 Å². The number of aryl methyl sites for hydroxylation is 1. The molecule has 1 aromatic heterocycles. The largest absolute Gasteiger partial charge is 0.481 e. The van der Waals surface area contributed by atoms with Gasteiger partial charge in [0.15, 0.2) is 0 Å². The van der Waals surface area contributed by atoms with Gasteiger partial charge in [-0.15, -0.1) is 0 Å². The predicted molar refractivity (Wildman–Crippen MR) is 82.8 cm³/mol. The topological polar surface area (TPSA) is 55.1 Å². The molecule has 4 nitrogen and oxygen atoms in total. The molecule has 112 valence electrons. The second-order valence-electron chi connectivity index (χ2n) is 5.38. The molecule has 0 amide bonds. The monoisotopic (exact) mass is 306 g/mol. The van der Waals surface area contributed by atoms with Crippen molar-refractivity contribution in [1.82, 2.24) is 9.78 Å². The van der Waals surface area contributed by atoms with Gasteiger partial charge >= 0.3 is 5.97 Å². The highest BCUT2D eigenvalue weighted by Gasteiger charge is 2.18. The number of nitrogens with zero attached hydrogens (tertiary/aromatic N) is 2. The van der Waals surface area contributed by atoms with Crippen molar-refractivity contribution in [1.29, 1.82) is 0 Å². The van der Waals surface area contributed by atoms with Crippen LogP contribution in [0.25, 0.3) is 0 Å². The van der Waals surface area contributed by atoms with E-state index in [-0.39, 0.29) is 0 Å². The van der Waals surface area contributed by atoms with E-state index in [2.05, 4.69) is 5.10 Å². The van der Waals surface area contributed by atoms with Crippen molar-refractivity contribution in [3.63, 3.8) is 0 Å². The summed E-state index contributed by atoms with van der Waals surface area (Å²) in [5.41, 5.74) is 4.06. The summed E-state index contributed by atoms with van der Waals surface area (Å²) in [6.45, 7) is 6.29. The van der Waals surface area contributed by atoms with Crippen molar-refractivity contribution in [2.24, 2.45) is 5.92 Å². The number of carboxylic acid groups (broad SMARTS) is 1. The van der Waals surface area contributed by atoms with E-state index in [1.54, 1.807) is 6.92 Å². The maximum absolute atomic E-state index is 11.0. The Morgan fingerprint density at radius 3 is 2.52 bits per heavy atom. The number of hydrogen-bond donors (Lipinski definition) is 1. The molecule has 0 radical (unpaired) electrons. The zero-order valence-corrected chi connectivity index (χ0v) is 13.2. The first kappa shape index (κ1) is 15.6. The van der Waals surface area contributed by atoms with E-state index in [9.17, 15) is 4.79 Å². The van der Waals surface area contributed by atoms with Crippen LogP contribution in [-0.4, -0.2) is 20.9 Å². The minimum absolute atomic E-state index is 0.407. The lowest BCUT2D eigenvalue weighted by Crippen LogP contribution is -2.13. The van der Waals surface area contributed by atoms with Crippen LogP contribution in [0, 0.1) is 19.8 Å². The summed E-state index contributed by atoms with van der Waals surface area (Å²) in [6.07, 6.45) is 0.508. The molecule has 21 heavy (non-hydrogen) atoms. The minimum Gasteiger partial charge on any atom is -0.481 e. The third-order valence-electron chi connectivity index (χ3n) is 3.71. The summed E-state index contributed by atoms with van der Waals surface area (Å²) >= 11 is 5.88. The molecule has 1 aromatic carbocycles. The number of carbonyl (C=O) groups is 1. The molecule has 1 unspecified atom stereocenters. The quantitative estimate of drug-likeness (QED) is 0.920. The Balaban J connectivity index is 2.22. The molecule has 1 atom stereocenters. The van der Waals surface area contributed by atoms with Gasteiger partial charge in [0.25, 0.3) is 0 Å². The molecule has 2 aromatic rings. The lowest BCUT2D eigenvalue weighted by Gasteiger charge is -2.08. The summed E-state index contributed by atoms with van der Waals surface area (Å²) in [5.74, 6) is -1.19. The van der Waals surface area contributed by atoms with Gasteiger partial charge in [-0.2, -0.15) is 5.10 Å². The highest BCUT2D eigenvalue weighted by Crippen LogP contribution is 2.19. The molecule has 0 aliphatic rings. The van der Waals surface area contributed by atoms with Crippen molar-refractivity contribution in [3.8, 4) is 0 Å². The summed E-state index contributed by atoms with van der Waals surface area (Å²) in [6, 6.07) is 7.66. The molecule has 5 heteroatoms. The molecule has 0 saturated carbocycles. The standard InChI is InChI=1S/C16H19ClN2O2/c1-10(16(20)21)8-15-11(2)18-19(12(15)3)9-13-4-6-14(17)7-5-13/h4-7,10H,8-9H2,1-3H3,(H,20,21). The van der Waals surface area contributed by atoms with E-state index in [0.717, 1.165) is 22.5 Å². The van der Waals surface area contributed by atoms with E-state index in [4.69, 9.17) is 16.7 Å². The van der Waals surface area contributed by atoms with Gasteiger partial charge in [-0.25, -0.2) is 0 Å². The Morgan fingerprint density at radius 1 is 1.33 bits per heavy atom. The zero-order chi connectivity index (χ0) is 15.6. The zero-order valence-electron chi connectivity index (χ0n) is 12.4. The number of carboxylic acids is 1. The molecule has 0 fully saturated rings. The van der Waals surface area contributed by atoms with Crippen molar-refractivity contribution in [2.75, 3.05) is 0 Å². The molecule has 0 spiro atoms. The molecule has 0 saturated heterocycles. The molecular weight excluding hydrogens is 288 g/mol. The van der Waals surface area contributed by atoms with Crippen molar-refractivity contribution >= 4 is 17.6 Å². The van der Waals surface area contributed by atoms with Crippen LogP contribution in [0.1, 0.15) is 29.4 Å². The fourth-order valence-corrected chi connectivity index (χ4v) is 2.47. The molecular formula is C16H19ClN2O2. The minimum atomic E-state index is -0.778. The first-order chi connectivity index (χ1) is 9.88. The van der Waals surface area contributed by atoms with Crippen LogP contribution < -0.4 is 0 Å². The lowest BCUT2D eigenvalue weighted by molar-refractivity contribution is -0.141. The third kappa shape index (κ3) is 3.64. The summed E-state index contributed by atoms with van der Waals surface area (Å²) in [5, 5.41) is 14.3. The lowest BCUT2D eigenvalue weighted by atomic mass is 10.00. The summed E-state index contributed by atoms with van der Waals surface area (Å²) in [7, 11) is 0. The SMILES string of the molecule is Cc1nn(Cc2ccc(Cl)cc2)c(C)c1CC(C)C(=O)O. The fourth-order valence-electron chi connectivity index (χ4n) is 2.34. The maximum Gasteiger partial charge on any atom is 0.306 e. The van der Waals surface area contributed by atoms with Crippen LogP contribution >= 0.6 is 11.6 Å². The Labute approximate surface area is 129 Å². The van der Waals surface area contributed by atoms with E-state index in [1.165, 1.54) is 0 Å². The smallest absolute Gasteiger partial charge is 0.306 e. The van der Waals surface area contributed by atoms with Crippen LogP contribution in [0.15, 0.2) is 24.3 Å². The van der Waals surface area contributed by atoms with Gasteiger partial charge in [-0.1, -0.05) is 30.7 Å². The van der Waals surface area contributed by atoms with Gasteiger partial charge < -0.3 is 5.11 Å². The average Bonchev–Trinajstić information content (AvgIpc) is 2.69. The molecule has 0 aliphatic heterocycles.